The van der Waals surface area contributed by atoms with Crippen LogP contribution >= 0.6 is 0 Å². The molecule has 0 aliphatic carbocycles. The van der Waals surface area contributed by atoms with Crippen LogP contribution in [0.5, 0.6) is 11.5 Å². The van der Waals surface area contributed by atoms with Gasteiger partial charge in [0.2, 0.25) is 17.9 Å². The standard InChI is InChI=1S/C24H26N4O4/c1-16-7-9-18(10-8-16)23-26-25-22(32-23)17(2)27-11-13-28(14-12-27)24(29)21-15-30-19-5-3-4-6-20(19)31-21/h3-10,17,21H,11-15H2,1-2H3. The Hall–Kier alpha value is -3.39. The molecule has 166 valence electrons. The fourth-order valence-corrected chi connectivity index (χ4v) is 4.05. The van der Waals surface area contributed by atoms with Crippen LogP contribution in [-0.4, -0.2) is 64.8 Å². The van der Waals surface area contributed by atoms with Crippen molar-refractivity contribution in [1.82, 2.24) is 20.0 Å². The molecular weight excluding hydrogens is 408 g/mol. The summed E-state index contributed by atoms with van der Waals surface area (Å²) in [5.41, 5.74) is 2.09. The Morgan fingerprint density at radius 1 is 1.00 bits per heavy atom. The molecule has 3 aromatic rings. The number of piperazine rings is 1. The van der Waals surface area contributed by atoms with Crippen LogP contribution < -0.4 is 9.47 Å². The van der Waals surface area contributed by atoms with Crippen molar-refractivity contribution < 1.29 is 18.7 Å². The number of hydrogen-bond donors (Lipinski definition) is 0. The van der Waals surface area contributed by atoms with Gasteiger partial charge in [-0.3, -0.25) is 9.69 Å². The Kier molecular flexibility index (Phi) is 5.53. The van der Waals surface area contributed by atoms with Crippen LogP contribution in [0.25, 0.3) is 11.5 Å². The first kappa shape index (κ1) is 20.5. The van der Waals surface area contributed by atoms with E-state index in [0.29, 0.717) is 36.4 Å². The van der Waals surface area contributed by atoms with Gasteiger partial charge in [0.1, 0.15) is 6.61 Å². The largest absolute Gasteiger partial charge is 0.485 e. The minimum Gasteiger partial charge on any atom is -0.485 e. The summed E-state index contributed by atoms with van der Waals surface area (Å²) >= 11 is 0. The van der Waals surface area contributed by atoms with Gasteiger partial charge in [0, 0.05) is 31.7 Å². The molecule has 8 nitrogen and oxygen atoms in total. The predicted molar refractivity (Wildman–Crippen MR) is 117 cm³/mol. The lowest BCUT2D eigenvalue weighted by Gasteiger charge is -2.38. The fourth-order valence-electron chi connectivity index (χ4n) is 4.05. The molecule has 0 N–H and O–H groups in total. The summed E-state index contributed by atoms with van der Waals surface area (Å²) < 4.78 is 17.5. The molecule has 0 bridgehead atoms. The summed E-state index contributed by atoms with van der Waals surface area (Å²) in [6.07, 6.45) is -0.609. The molecule has 1 saturated heterocycles. The average molecular weight is 434 g/mol. The Bertz CT molecular complexity index is 1090. The molecule has 1 amide bonds. The highest BCUT2D eigenvalue weighted by Crippen LogP contribution is 2.31. The summed E-state index contributed by atoms with van der Waals surface area (Å²) in [5, 5.41) is 8.48. The molecular formula is C24H26N4O4. The number of benzene rings is 2. The van der Waals surface area contributed by atoms with E-state index in [-0.39, 0.29) is 18.6 Å². The SMILES string of the molecule is Cc1ccc(-c2nnc(C(C)N3CCN(C(=O)C4COc5ccccc5O4)CC3)o2)cc1. The second-order valence-corrected chi connectivity index (χ2v) is 8.21. The van der Waals surface area contributed by atoms with Crippen molar-refractivity contribution in [2.24, 2.45) is 0 Å². The Morgan fingerprint density at radius 3 is 2.47 bits per heavy atom. The molecule has 5 rings (SSSR count). The zero-order valence-corrected chi connectivity index (χ0v) is 18.2. The second-order valence-electron chi connectivity index (χ2n) is 8.21. The number of amides is 1. The summed E-state index contributed by atoms with van der Waals surface area (Å²) in [6.45, 7) is 7.00. The van der Waals surface area contributed by atoms with Crippen LogP contribution in [0.15, 0.2) is 52.9 Å². The number of carbonyl (C=O) groups excluding carboxylic acids is 1. The summed E-state index contributed by atoms with van der Waals surface area (Å²) in [7, 11) is 0. The molecule has 2 unspecified atom stereocenters. The van der Waals surface area contributed by atoms with Crippen LogP contribution in [-0.2, 0) is 4.79 Å². The van der Waals surface area contributed by atoms with Crippen molar-refractivity contribution in [2.75, 3.05) is 32.8 Å². The van der Waals surface area contributed by atoms with E-state index < -0.39 is 6.10 Å². The lowest BCUT2D eigenvalue weighted by Crippen LogP contribution is -2.54. The average Bonchev–Trinajstić information content (AvgIpc) is 3.34. The smallest absolute Gasteiger partial charge is 0.267 e. The molecule has 1 fully saturated rings. The minimum absolute atomic E-state index is 0.0277. The topological polar surface area (TPSA) is 80.9 Å². The summed E-state index contributed by atoms with van der Waals surface area (Å²) in [6, 6.07) is 15.4. The summed E-state index contributed by atoms with van der Waals surface area (Å²) in [5.74, 6) is 2.37. The number of fused-ring (bicyclic) bond motifs is 1. The number of aryl methyl sites for hydroxylation is 1. The van der Waals surface area contributed by atoms with Crippen molar-refractivity contribution in [1.29, 1.82) is 0 Å². The van der Waals surface area contributed by atoms with Crippen molar-refractivity contribution in [3.8, 4) is 23.0 Å². The molecule has 2 aromatic carbocycles. The van der Waals surface area contributed by atoms with Gasteiger partial charge >= 0.3 is 0 Å². The highest BCUT2D eigenvalue weighted by Gasteiger charge is 2.34. The third kappa shape index (κ3) is 4.05. The summed E-state index contributed by atoms with van der Waals surface area (Å²) in [4.78, 5) is 17.1. The molecule has 0 saturated carbocycles. The number of ether oxygens (including phenoxy) is 2. The third-order valence-corrected chi connectivity index (χ3v) is 6.05. The molecule has 32 heavy (non-hydrogen) atoms. The maximum Gasteiger partial charge on any atom is 0.267 e. The monoisotopic (exact) mass is 434 g/mol. The van der Waals surface area contributed by atoms with Gasteiger partial charge in [-0.25, -0.2) is 0 Å². The van der Waals surface area contributed by atoms with Gasteiger partial charge in [-0.15, -0.1) is 10.2 Å². The highest BCUT2D eigenvalue weighted by atomic mass is 16.6. The fraction of sp³-hybridized carbons (Fsp3) is 0.375. The Balaban J connectivity index is 1.18. The van der Waals surface area contributed by atoms with Crippen molar-refractivity contribution >= 4 is 5.91 Å². The van der Waals surface area contributed by atoms with E-state index in [2.05, 4.69) is 22.0 Å². The van der Waals surface area contributed by atoms with Crippen LogP contribution in [0.4, 0.5) is 0 Å². The van der Waals surface area contributed by atoms with E-state index in [4.69, 9.17) is 13.9 Å². The zero-order chi connectivity index (χ0) is 22.1. The van der Waals surface area contributed by atoms with E-state index >= 15 is 0 Å². The molecule has 2 aliphatic rings. The van der Waals surface area contributed by atoms with E-state index in [0.717, 1.165) is 18.7 Å². The van der Waals surface area contributed by atoms with Crippen LogP contribution in [0.1, 0.15) is 24.4 Å². The predicted octanol–water partition coefficient (Wildman–Crippen LogP) is 3.09. The number of para-hydroxylation sites is 2. The first-order valence-corrected chi connectivity index (χ1v) is 10.9. The van der Waals surface area contributed by atoms with Gasteiger partial charge in [-0.1, -0.05) is 29.8 Å². The van der Waals surface area contributed by atoms with E-state index in [1.54, 1.807) is 0 Å². The second kappa shape index (κ2) is 8.63. The van der Waals surface area contributed by atoms with Crippen molar-refractivity contribution in [2.45, 2.75) is 26.0 Å². The van der Waals surface area contributed by atoms with Crippen LogP contribution in [0, 0.1) is 6.92 Å². The van der Waals surface area contributed by atoms with Crippen molar-refractivity contribution in [3.63, 3.8) is 0 Å². The number of hydrogen-bond acceptors (Lipinski definition) is 7. The molecule has 3 heterocycles. The number of aromatic nitrogens is 2. The first-order chi connectivity index (χ1) is 15.6. The van der Waals surface area contributed by atoms with Gasteiger partial charge < -0.3 is 18.8 Å². The van der Waals surface area contributed by atoms with Crippen LogP contribution in [0.3, 0.4) is 0 Å². The Morgan fingerprint density at radius 2 is 1.72 bits per heavy atom. The molecule has 2 aliphatic heterocycles. The highest BCUT2D eigenvalue weighted by molar-refractivity contribution is 5.82. The number of rotatable bonds is 4. The number of carbonyl (C=O) groups is 1. The van der Waals surface area contributed by atoms with E-state index in [1.807, 2.05) is 60.4 Å². The normalized spacial score (nSPS) is 19.6. The van der Waals surface area contributed by atoms with Crippen molar-refractivity contribution in [3.05, 3.63) is 60.0 Å². The quantitative estimate of drug-likeness (QED) is 0.624. The lowest BCUT2D eigenvalue weighted by atomic mass is 10.1. The van der Waals surface area contributed by atoms with E-state index in [9.17, 15) is 4.79 Å². The van der Waals surface area contributed by atoms with Gasteiger partial charge in [-0.2, -0.15) is 0 Å². The molecule has 0 spiro atoms. The maximum atomic E-state index is 13.0. The maximum absolute atomic E-state index is 13.0. The third-order valence-electron chi connectivity index (χ3n) is 6.05. The van der Waals surface area contributed by atoms with Gasteiger partial charge in [-0.05, 0) is 38.1 Å². The lowest BCUT2D eigenvalue weighted by molar-refractivity contribution is -0.143. The van der Waals surface area contributed by atoms with Crippen LogP contribution in [0.2, 0.25) is 0 Å². The molecule has 8 heteroatoms. The van der Waals surface area contributed by atoms with Gasteiger partial charge in [0.15, 0.2) is 11.5 Å². The number of nitrogens with zero attached hydrogens (tertiary/aromatic N) is 4. The van der Waals surface area contributed by atoms with E-state index in [1.165, 1.54) is 5.56 Å². The minimum atomic E-state index is -0.609. The molecule has 2 atom stereocenters. The van der Waals surface area contributed by atoms with Gasteiger partial charge in [0.25, 0.3) is 5.91 Å². The zero-order valence-electron chi connectivity index (χ0n) is 18.2. The Labute approximate surface area is 186 Å². The first-order valence-electron chi connectivity index (χ1n) is 10.9. The molecule has 1 aromatic heterocycles. The molecule has 0 radical (unpaired) electrons. The van der Waals surface area contributed by atoms with Gasteiger partial charge in [0.05, 0.1) is 6.04 Å².